The molecule has 3 unspecified atom stereocenters. The average molecular weight is 198 g/mol. The lowest BCUT2D eigenvalue weighted by Crippen LogP contribution is -2.28. The van der Waals surface area contributed by atoms with Crippen molar-refractivity contribution in [1.82, 2.24) is 5.32 Å². The van der Waals surface area contributed by atoms with Crippen LogP contribution in [0.15, 0.2) is 24.3 Å². The second-order valence-electron chi connectivity index (χ2n) is 3.52. The summed E-state index contributed by atoms with van der Waals surface area (Å²) in [5.74, 6) is 1.14. The predicted molar refractivity (Wildman–Crippen MR) is 52.5 cm³/mol. The lowest BCUT2D eigenvalue weighted by Gasteiger charge is -2.00. The molecule has 0 aliphatic heterocycles. The summed E-state index contributed by atoms with van der Waals surface area (Å²) < 4.78 is 0. The van der Waals surface area contributed by atoms with Crippen molar-refractivity contribution in [3.8, 4) is 0 Å². The topological polar surface area (TPSA) is 29.1 Å². The highest BCUT2D eigenvalue weighted by Crippen LogP contribution is 2.44. The fraction of sp³-hybridized carbons (Fsp3) is 0.500. The molecule has 2 aliphatic rings. The molecule has 2 nitrogen and oxygen atoms in total. The second-order valence-corrected chi connectivity index (χ2v) is 3.78. The molecule has 2 rings (SSSR count). The molecule has 0 heterocycles. The monoisotopic (exact) mass is 197 g/mol. The highest BCUT2D eigenvalue weighted by atomic mass is 35.5. The van der Waals surface area contributed by atoms with Crippen LogP contribution in [-0.2, 0) is 4.79 Å². The second kappa shape index (κ2) is 3.54. The Kier molecular flexibility index (Phi) is 2.40. The number of carbonyl (C=O) groups excluding carboxylic acids is 1. The van der Waals surface area contributed by atoms with Gasteiger partial charge in [-0.25, -0.2) is 0 Å². The van der Waals surface area contributed by atoms with Crippen LogP contribution in [0.3, 0.4) is 0 Å². The molecule has 0 aromatic carbocycles. The zero-order valence-electron chi connectivity index (χ0n) is 7.24. The van der Waals surface area contributed by atoms with E-state index in [0.29, 0.717) is 17.9 Å². The van der Waals surface area contributed by atoms with Crippen LogP contribution < -0.4 is 5.32 Å². The van der Waals surface area contributed by atoms with E-state index in [1.807, 2.05) is 0 Å². The Bertz CT molecular complexity index is 272. The third-order valence-corrected chi connectivity index (χ3v) is 2.91. The van der Waals surface area contributed by atoms with E-state index in [4.69, 9.17) is 11.6 Å². The molecular formula is C10H12ClNO. The number of amides is 1. The molecule has 0 bridgehead atoms. The summed E-state index contributed by atoms with van der Waals surface area (Å²) in [4.78, 5) is 11.0. The minimum atomic E-state index is -0.0582. The summed E-state index contributed by atoms with van der Waals surface area (Å²) in [6, 6.07) is 0.326. The minimum Gasteiger partial charge on any atom is -0.351 e. The normalized spacial score (nSPS) is 35.0. The highest BCUT2D eigenvalue weighted by molar-refractivity contribution is 6.27. The number of carbonyl (C=O) groups is 1. The van der Waals surface area contributed by atoms with E-state index in [0.717, 1.165) is 6.42 Å². The lowest BCUT2D eigenvalue weighted by atomic mass is 10.2. The van der Waals surface area contributed by atoms with Crippen LogP contribution in [0.1, 0.15) is 6.42 Å². The Labute approximate surface area is 82.6 Å². The number of nitrogens with one attached hydrogen (secondary N) is 1. The van der Waals surface area contributed by atoms with Gasteiger partial charge in [0.1, 0.15) is 5.88 Å². The Morgan fingerprint density at radius 3 is 3.15 bits per heavy atom. The number of hydrogen-bond acceptors (Lipinski definition) is 1. The van der Waals surface area contributed by atoms with Crippen molar-refractivity contribution >= 4 is 17.5 Å². The van der Waals surface area contributed by atoms with Gasteiger partial charge in [-0.15, -0.1) is 11.6 Å². The molecule has 3 atom stereocenters. The first-order chi connectivity index (χ1) is 6.33. The van der Waals surface area contributed by atoms with Gasteiger partial charge in [0.05, 0.1) is 0 Å². The molecule has 1 fully saturated rings. The lowest BCUT2D eigenvalue weighted by molar-refractivity contribution is -0.118. The third-order valence-electron chi connectivity index (χ3n) is 2.67. The van der Waals surface area contributed by atoms with Crippen LogP contribution in [0.25, 0.3) is 0 Å². The molecule has 0 aromatic rings. The van der Waals surface area contributed by atoms with E-state index in [1.54, 1.807) is 0 Å². The van der Waals surface area contributed by atoms with Crippen molar-refractivity contribution in [2.75, 3.05) is 5.88 Å². The van der Waals surface area contributed by atoms with Crippen molar-refractivity contribution in [2.45, 2.75) is 12.5 Å². The molecule has 13 heavy (non-hydrogen) atoms. The van der Waals surface area contributed by atoms with Gasteiger partial charge in [-0.3, -0.25) is 4.79 Å². The van der Waals surface area contributed by atoms with Crippen molar-refractivity contribution in [1.29, 1.82) is 0 Å². The van der Waals surface area contributed by atoms with E-state index in [1.165, 1.54) is 0 Å². The van der Waals surface area contributed by atoms with E-state index in [2.05, 4.69) is 29.6 Å². The van der Waals surface area contributed by atoms with Gasteiger partial charge in [-0.05, 0) is 12.3 Å². The summed E-state index contributed by atoms with van der Waals surface area (Å²) in [6.07, 6.45) is 9.48. The predicted octanol–water partition coefficient (Wildman–Crippen LogP) is 1.47. The Balaban J connectivity index is 1.90. The molecule has 0 saturated heterocycles. The minimum absolute atomic E-state index is 0.0582. The smallest absolute Gasteiger partial charge is 0.235 e. The van der Waals surface area contributed by atoms with Gasteiger partial charge in [0.2, 0.25) is 5.91 Å². The number of halogens is 1. The number of fused-ring (bicyclic) bond motifs is 1. The number of allylic oxidation sites excluding steroid dienone is 3. The van der Waals surface area contributed by atoms with Crippen LogP contribution >= 0.6 is 11.6 Å². The number of hydrogen-bond donors (Lipinski definition) is 1. The first-order valence-corrected chi connectivity index (χ1v) is 5.05. The molecule has 1 saturated carbocycles. The van der Waals surface area contributed by atoms with Crippen molar-refractivity contribution in [3.63, 3.8) is 0 Å². The fourth-order valence-electron chi connectivity index (χ4n) is 1.90. The van der Waals surface area contributed by atoms with Gasteiger partial charge >= 0.3 is 0 Å². The van der Waals surface area contributed by atoms with Crippen molar-refractivity contribution in [3.05, 3.63) is 24.3 Å². The van der Waals surface area contributed by atoms with Crippen LogP contribution in [0.4, 0.5) is 0 Å². The molecule has 70 valence electrons. The quantitative estimate of drug-likeness (QED) is 0.668. The van der Waals surface area contributed by atoms with Crippen LogP contribution in [0.5, 0.6) is 0 Å². The van der Waals surface area contributed by atoms with Crippen LogP contribution in [-0.4, -0.2) is 17.8 Å². The Morgan fingerprint density at radius 2 is 2.38 bits per heavy atom. The summed E-state index contributed by atoms with van der Waals surface area (Å²) in [5, 5.41) is 2.92. The maximum atomic E-state index is 11.0. The van der Waals surface area contributed by atoms with Gasteiger partial charge in [0, 0.05) is 12.0 Å². The van der Waals surface area contributed by atoms with Gasteiger partial charge in [0.25, 0.3) is 0 Å². The van der Waals surface area contributed by atoms with E-state index < -0.39 is 0 Å². The van der Waals surface area contributed by atoms with E-state index in [9.17, 15) is 4.79 Å². The summed E-state index contributed by atoms with van der Waals surface area (Å²) >= 11 is 5.41. The molecule has 0 spiro atoms. The third kappa shape index (κ3) is 1.78. The van der Waals surface area contributed by atoms with E-state index in [-0.39, 0.29) is 11.8 Å². The van der Waals surface area contributed by atoms with Crippen LogP contribution in [0, 0.1) is 11.8 Å². The largest absolute Gasteiger partial charge is 0.351 e. The number of alkyl halides is 1. The van der Waals surface area contributed by atoms with Gasteiger partial charge in [-0.1, -0.05) is 24.3 Å². The van der Waals surface area contributed by atoms with Crippen molar-refractivity contribution in [2.24, 2.45) is 11.8 Å². The molecule has 0 aromatic heterocycles. The van der Waals surface area contributed by atoms with Gasteiger partial charge in [-0.2, -0.15) is 0 Å². The van der Waals surface area contributed by atoms with Gasteiger partial charge < -0.3 is 5.32 Å². The maximum absolute atomic E-state index is 11.0. The fourth-order valence-corrected chi connectivity index (χ4v) is 1.98. The highest BCUT2D eigenvalue weighted by Gasteiger charge is 2.48. The van der Waals surface area contributed by atoms with Crippen LogP contribution in [0.2, 0.25) is 0 Å². The molecule has 1 N–H and O–H groups in total. The summed E-state index contributed by atoms with van der Waals surface area (Å²) in [5.41, 5.74) is 0. The van der Waals surface area contributed by atoms with Gasteiger partial charge in [0.15, 0.2) is 0 Å². The first-order valence-electron chi connectivity index (χ1n) is 4.51. The standard InChI is InChI=1S/C10H12ClNO/c11-6-9(13)12-10-7-4-2-1-3-5-8(7)10/h1-4,7-8,10H,5-6H2,(H,12,13). The molecule has 0 radical (unpaired) electrons. The SMILES string of the molecule is O=C(CCl)NC1C2C=CC=CCC21. The first kappa shape index (κ1) is 8.82. The number of rotatable bonds is 2. The molecule has 2 aliphatic carbocycles. The zero-order chi connectivity index (χ0) is 9.26. The molecule has 1 amide bonds. The summed E-state index contributed by atoms with van der Waals surface area (Å²) in [7, 11) is 0. The average Bonchev–Trinajstić information content (AvgIpc) is 2.82. The maximum Gasteiger partial charge on any atom is 0.235 e. The Morgan fingerprint density at radius 1 is 1.54 bits per heavy atom. The Hall–Kier alpha value is -0.760. The molecular weight excluding hydrogens is 186 g/mol. The van der Waals surface area contributed by atoms with E-state index >= 15 is 0 Å². The zero-order valence-corrected chi connectivity index (χ0v) is 8.00. The summed E-state index contributed by atoms with van der Waals surface area (Å²) in [6.45, 7) is 0. The molecule has 3 heteroatoms. The van der Waals surface area contributed by atoms with Crippen molar-refractivity contribution < 1.29 is 4.79 Å².